The lowest BCUT2D eigenvalue weighted by atomic mass is 9.88. The summed E-state index contributed by atoms with van der Waals surface area (Å²) in [5, 5.41) is 4.30. The zero-order valence-electron chi connectivity index (χ0n) is 20.3. The van der Waals surface area contributed by atoms with Gasteiger partial charge in [-0.3, -0.25) is 14.4 Å². The number of halogens is 1. The number of aryl methyl sites for hydroxylation is 1. The normalized spacial score (nSPS) is 15.7. The Kier molecular flexibility index (Phi) is 6.89. The number of fused-ring (bicyclic) bond motifs is 3. The third-order valence-corrected chi connectivity index (χ3v) is 7.16. The van der Waals surface area contributed by atoms with Gasteiger partial charge in [0.1, 0.15) is 0 Å². The smallest absolute Gasteiger partial charge is 0.318 e. The highest BCUT2D eigenvalue weighted by atomic mass is 35.5. The van der Waals surface area contributed by atoms with E-state index in [2.05, 4.69) is 9.99 Å². The number of nitrogens with zero attached hydrogens (tertiary/aromatic N) is 2. The maximum atomic E-state index is 13.3. The predicted octanol–water partition coefficient (Wildman–Crippen LogP) is 5.10. The molecule has 0 radical (unpaired) electrons. The standard InChI is InChI=1S/C29H25ClN2O5/c1-2-25(27(34)12-17-6-8-19(9-7-17)24-15-29(36)37-31-24)32-16-23-22(14-28(32)35)21-13-20(30)11-10-18(21)4-3-5-26(23)33/h6-11,13-14,16,25H,2-5,12,15H2,1H3. The molecule has 37 heavy (non-hydrogen) atoms. The Morgan fingerprint density at radius 3 is 2.51 bits per heavy atom. The minimum absolute atomic E-state index is 0.0513. The molecular formula is C29H25ClN2O5. The third kappa shape index (κ3) is 5.04. The number of ketones is 2. The van der Waals surface area contributed by atoms with Crippen molar-refractivity contribution in [2.75, 3.05) is 0 Å². The molecule has 5 rings (SSSR count). The largest absolute Gasteiger partial charge is 0.341 e. The molecule has 0 fully saturated rings. The molecule has 1 aromatic heterocycles. The molecule has 7 nitrogen and oxygen atoms in total. The Morgan fingerprint density at radius 2 is 1.81 bits per heavy atom. The van der Waals surface area contributed by atoms with Crippen LogP contribution in [0, 0.1) is 0 Å². The van der Waals surface area contributed by atoms with Crippen LogP contribution in [0.1, 0.15) is 65.7 Å². The molecule has 0 spiro atoms. The van der Waals surface area contributed by atoms with Gasteiger partial charge in [0.05, 0.1) is 18.2 Å². The fourth-order valence-electron chi connectivity index (χ4n) is 5.00. The SMILES string of the molecule is CCC(C(=O)Cc1ccc(C2=NOC(=O)C2)cc1)n1cc2c(cc1=O)-c1cc(Cl)ccc1CCCC2=O. The first-order chi connectivity index (χ1) is 17.8. The van der Waals surface area contributed by atoms with Crippen LogP contribution < -0.4 is 5.56 Å². The highest BCUT2D eigenvalue weighted by Crippen LogP contribution is 2.33. The number of aromatic nitrogens is 1. The van der Waals surface area contributed by atoms with Gasteiger partial charge in [-0.05, 0) is 59.2 Å². The summed E-state index contributed by atoms with van der Waals surface area (Å²) in [7, 11) is 0. The molecule has 0 N–H and O–H groups in total. The second-order valence-electron chi connectivity index (χ2n) is 9.37. The fraction of sp³-hybridized carbons (Fsp3) is 0.276. The van der Waals surface area contributed by atoms with Crippen molar-refractivity contribution in [1.82, 2.24) is 4.57 Å². The molecular weight excluding hydrogens is 492 g/mol. The van der Waals surface area contributed by atoms with Crippen molar-refractivity contribution in [3.8, 4) is 11.1 Å². The molecule has 1 aliphatic heterocycles. The van der Waals surface area contributed by atoms with Crippen molar-refractivity contribution < 1.29 is 19.2 Å². The highest BCUT2D eigenvalue weighted by molar-refractivity contribution is 6.31. The van der Waals surface area contributed by atoms with Gasteiger partial charge in [0, 0.05) is 35.7 Å². The van der Waals surface area contributed by atoms with Gasteiger partial charge >= 0.3 is 5.97 Å². The molecule has 2 heterocycles. The van der Waals surface area contributed by atoms with Crippen molar-refractivity contribution in [2.45, 2.75) is 51.5 Å². The summed E-state index contributed by atoms with van der Waals surface area (Å²) in [6.07, 6.45) is 4.00. The maximum Gasteiger partial charge on any atom is 0.341 e. The number of oxime groups is 1. The van der Waals surface area contributed by atoms with Crippen molar-refractivity contribution >= 4 is 34.8 Å². The quantitative estimate of drug-likeness (QED) is 0.425. The van der Waals surface area contributed by atoms with Gasteiger partial charge in [0.25, 0.3) is 5.56 Å². The van der Waals surface area contributed by atoms with Crippen LogP contribution in [0.25, 0.3) is 11.1 Å². The monoisotopic (exact) mass is 516 g/mol. The van der Waals surface area contributed by atoms with E-state index in [-0.39, 0.29) is 30.0 Å². The Balaban J connectivity index is 1.45. The van der Waals surface area contributed by atoms with Crippen molar-refractivity contribution in [3.05, 3.63) is 92.4 Å². The summed E-state index contributed by atoms with van der Waals surface area (Å²) < 4.78 is 1.40. The van der Waals surface area contributed by atoms with E-state index < -0.39 is 12.0 Å². The molecule has 1 aliphatic carbocycles. The van der Waals surface area contributed by atoms with Gasteiger partial charge in [0.15, 0.2) is 11.6 Å². The van der Waals surface area contributed by atoms with Crippen molar-refractivity contribution in [1.29, 1.82) is 0 Å². The van der Waals surface area contributed by atoms with Gasteiger partial charge in [0.2, 0.25) is 0 Å². The minimum atomic E-state index is -0.709. The van der Waals surface area contributed by atoms with Gasteiger partial charge in [-0.1, -0.05) is 54.0 Å². The van der Waals surface area contributed by atoms with E-state index in [1.807, 2.05) is 19.1 Å². The molecule has 0 saturated carbocycles. The third-order valence-electron chi connectivity index (χ3n) is 6.92. The van der Waals surface area contributed by atoms with E-state index in [4.69, 9.17) is 11.6 Å². The number of hydrogen-bond acceptors (Lipinski definition) is 6. The Morgan fingerprint density at radius 1 is 1.03 bits per heavy atom. The number of benzene rings is 2. The first-order valence-corrected chi connectivity index (χ1v) is 12.7. The lowest BCUT2D eigenvalue weighted by molar-refractivity contribution is -0.140. The molecule has 0 amide bonds. The molecule has 2 aliphatic rings. The molecule has 1 atom stereocenters. The van der Waals surface area contributed by atoms with Crippen LogP contribution in [0.15, 0.2) is 64.7 Å². The van der Waals surface area contributed by atoms with Crippen LogP contribution in [-0.4, -0.2) is 27.8 Å². The summed E-state index contributed by atoms with van der Waals surface area (Å²) in [6.45, 7) is 1.85. The predicted molar refractivity (Wildman–Crippen MR) is 140 cm³/mol. The zero-order valence-corrected chi connectivity index (χ0v) is 21.1. The lowest BCUT2D eigenvalue weighted by Crippen LogP contribution is -2.31. The van der Waals surface area contributed by atoms with Gasteiger partial charge < -0.3 is 9.40 Å². The first kappa shape index (κ1) is 24.8. The second-order valence-corrected chi connectivity index (χ2v) is 9.80. The lowest BCUT2D eigenvalue weighted by Gasteiger charge is -2.22. The highest BCUT2D eigenvalue weighted by Gasteiger charge is 2.25. The number of rotatable bonds is 6. The van der Waals surface area contributed by atoms with Crippen LogP contribution in [0.3, 0.4) is 0 Å². The van der Waals surface area contributed by atoms with E-state index in [9.17, 15) is 19.2 Å². The summed E-state index contributed by atoms with van der Waals surface area (Å²) in [5.74, 6) is -0.577. The number of Topliss-reactive ketones (excluding diaryl/α,β-unsaturated/α-hetero) is 2. The number of hydrogen-bond donors (Lipinski definition) is 0. The van der Waals surface area contributed by atoms with Crippen LogP contribution in [0.5, 0.6) is 0 Å². The average molecular weight is 517 g/mol. The van der Waals surface area contributed by atoms with Gasteiger partial charge in [-0.15, -0.1) is 0 Å². The van der Waals surface area contributed by atoms with Crippen LogP contribution in [0.2, 0.25) is 5.02 Å². The van der Waals surface area contributed by atoms with Crippen molar-refractivity contribution in [2.24, 2.45) is 5.16 Å². The molecule has 1 unspecified atom stereocenters. The molecule has 0 bridgehead atoms. The van der Waals surface area contributed by atoms with E-state index in [1.165, 1.54) is 10.6 Å². The Bertz CT molecular complexity index is 1500. The minimum Gasteiger partial charge on any atom is -0.318 e. The molecule has 8 heteroatoms. The van der Waals surface area contributed by atoms with Crippen molar-refractivity contribution in [3.63, 3.8) is 0 Å². The molecule has 2 aromatic carbocycles. The summed E-state index contributed by atoms with van der Waals surface area (Å²) in [5.41, 5.74) is 4.58. The molecule has 188 valence electrons. The van der Waals surface area contributed by atoms with E-state index in [0.29, 0.717) is 41.1 Å². The van der Waals surface area contributed by atoms with Crippen LogP contribution >= 0.6 is 11.6 Å². The number of pyridine rings is 1. The summed E-state index contributed by atoms with van der Waals surface area (Å²) in [6, 6.07) is 13.5. The first-order valence-electron chi connectivity index (χ1n) is 12.3. The topological polar surface area (TPSA) is 94.8 Å². The molecule has 3 aromatic rings. The maximum absolute atomic E-state index is 13.3. The van der Waals surface area contributed by atoms with E-state index in [0.717, 1.165) is 28.7 Å². The van der Waals surface area contributed by atoms with Crippen LogP contribution in [0.4, 0.5) is 0 Å². The van der Waals surface area contributed by atoms with E-state index >= 15 is 0 Å². The van der Waals surface area contributed by atoms with E-state index in [1.54, 1.807) is 36.5 Å². The summed E-state index contributed by atoms with van der Waals surface area (Å²) in [4.78, 5) is 55.6. The Labute approximate surface area is 218 Å². The Hall–Kier alpha value is -3.84. The fourth-order valence-corrected chi connectivity index (χ4v) is 5.18. The van der Waals surface area contributed by atoms with Gasteiger partial charge in [-0.25, -0.2) is 4.79 Å². The van der Waals surface area contributed by atoms with Crippen LogP contribution in [-0.2, 0) is 27.3 Å². The van der Waals surface area contributed by atoms with Gasteiger partial charge in [-0.2, -0.15) is 0 Å². The zero-order chi connectivity index (χ0) is 26.1. The molecule has 0 saturated heterocycles. The second kappa shape index (κ2) is 10.3. The number of carbonyl (C=O) groups is 3. The summed E-state index contributed by atoms with van der Waals surface area (Å²) >= 11 is 6.25. The average Bonchev–Trinajstić information content (AvgIpc) is 3.32. The number of carbonyl (C=O) groups excluding carboxylic acids is 3.